The van der Waals surface area contributed by atoms with Gasteiger partial charge in [0.1, 0.15) is 5.52 Å². The molecule has 0 spiro atoms. The van der Waals surface area contributed by atoms with Crippen LogP contribution in [0.1, 0.15) is 31.0 Å². The lowest BCUT2D eigenvalue weighted by molar-refractivity contribution is 0.787. The zero-order valence-corrected chi connectivity index (χ0v) is 12.5. The lowest BCUT2D eigenvalue weighted by Gasteiger charge is -2.05. The molecular weight excluding hydrogens is 268 g/mol. The second kappa shape index (κ2) is 5.63. The van der Waals surface area contributed by atoms with Crippen molar-refractivity contribution in [3.8, 4) is 0 Å². The zero-order valence-electron chi connectivity index (χ0n) is 11.7. The number of nitrogens with zero attached hydrogens (tertiary/aromatic N) is 3. The van der Waals surface area contributed by atoms with Crippen molar-refractivity contribution in [2.24, 2.45) is 0 Å². The van der Waals surface area contributed by atoms with Crippen LogP contribution >= 0.6 is 11.3 Å². The van der Waals surface area contributed by atoms with Crippen LogP contribution in [-0.4, -0.2) is 21.1 Å². The molecule has 3 aromatic rings. The van der Waals surface area contributed by atoms with Gasteiger partial charge in [0.2, 0.25) is 0 Å². The van der Waals surface area contributed by atoms with Crippen LogP contribution in [-0.2, 0) is 6.42 Å². The van der Waals surface area contributed by atoms with E-state index in [0.717, 1.165) is 30.0 Å². The van der Waals surface area contributed by atoms with Crippen LogP contribution in [0.15, 0.2) is 35.3 Å². The van der Waals surface area contributed by atoms with Crippen molar-refractivity contribution in [3.05, 3.63) is 46.5 Å². The summed E-state index contributed by atoms with van der Waals surface area (Å²) in [5.41, 5.74) is 3.51. The van der Waals surface area contributed by atoms with Gasteiger partial charge < -0.3 is 5.32 Å². The summed E-state index contributed by atoms with van der Waals surface area (Å²) >= 11 is 1.74. The third kappa shape index (κ3) is 2.67. The van der Waals surface area contributed by atoms with Crippen molar-refractivity contribution in [3.63, 3.8) is 0 Å². The SMILES string of the molecule is CC(C)c1cc2c(NCCc3ccsc3)nccn2n1. The Morgan fingerprint density at radius 3 is 3.05 bits per heavy atom. The monoisotopic (exact) mass is 286 g/mol. The Bertz CT molecular complexity index is 685. The minimum atomic E-state index is 0.425. The quantitative estimate of drug-likeness (QED) is 0.779. The van der Waals surface area contributed by atoms with Gasteiger partial charge in [-0.05, 0) is 40.8 Å². The smallest absolute Gasteiger partial charge is 0.152 e. The predicted octanol–water partition coefficient (Wildman–Crippen LogP) is 3.57. The van der Waals surface area contributed by atoms with Crippen molar-refractivity contribution < 1.29 is 0 Å². The summed E-state index contributed by atoms with van der Waals surface area (Å²) in [5, 5.41) is 12.3. The fraction of sp³-hybridized carbons (Fsp3) is 0.333. The lowest BCUT2D eigenvalue weighted by atomic mass is 10.1. The first-order chi connectivity index (χ1) is 9.74. The minimum absolute atomic E-state index is 0.425. The van der Waals surface area contributed by atoms with Gasteiger partial charge in [0.15, 0.2) is 5.82 Å². The second-order valence-electron chi connectivity index (χ2n) is 5.14. The molecule has 0 saturated carbocycles. The predicted molar refractivity (Wildman–Crippen MR) is 83.6 cm³/mol. The van der Waals surface area contributed by atoms with E-state index in [2.05, 4.69) is 52.1 Å². The van der Waals surface area contributed by atoms with Crippen LogP contribution in [0.25, 0.3) is 5.52 Å². The maximum Gasteiger partial charge on any atom is 0.152 e. The van der Waals surface area contributed by atoms with Gasteiger partial charge in [0, 0.05) is 18.9 Å². The largest absolute Gasteiger partial charge is 0.368 e. The number of aromatic nitrogens is 3. The molecule has 0 amide bonds. The molecule has 0 fully saturated rings. The van der Waals surface area contributed by atoms with E-state index in [0.29, 0.717) is 5.92 Å². The minimum Gasteiger partial charge on any atom is -0.368 e. The summed E-state index contributed by atoms with van der Waals surface area (Å²) in [5.74, 6) is 1.33. The molecule has 0 aliphatic rings. The van der Waals surface area contributed by atoms with E-state index in [-0.39, 0.29) is 0 Å². The van der Waals surface area contributed by atoms with Crippen molar-refractivity contribution >= 4 is 22.7 Å². The van der Waals surface area contributed by atoms with Gasteiger partial charge in [-0.25, -0.2) is 9.50 Å². The van der Waals surface area contributed by atoms with E-state index in [1.165, 1.54) is 5.56 Å². The van der Waals surface area contributed by atoms with E-state index in [1.807, 2.05) is 10.7 Å². The van der Waals surface area contributed by atoms with Crippen molar-refractivity contribution in [1.82, 2.24) is 14.6 Å². The van der Waals surface area contributed by atoms with E-state index < -0.39 is 0 Å². The molecule has 0 radical (unpaired) electrons. The molecule has 0 aromatic carbocycles. The van der Waals surface area contributed by atoms with Crippen molar-refractivity contribution in [2.45, 2.75) is 26.2 Å². The third-order valence-electron chi connectivity index (χ3n) is 3.29. The molecule has 3 heterocycles. The number of anilines is 1. The molecule has 5 heteroatoms. The lowest BCUT2D eigenvalue weighted by Crippen LogP contribution is -2.07. The molecule has 104 valence electrons. The van der Waals surface area contributed by atoms with E-state index >= 15 is 0 Å². The Labute approximate surface area is 122 Å². The van der Waals surface area contributed by atoms with Crippen LogP contribution in [0.2, 0.25) is 0 Å². The number of fused-ring (bicyclic) bond motifs is 1. The Kier molecular flexibility index (Phi) is 3.69. The maximum absolute atomic E-state index is 4.57. The standard InChI is InChI=1S/C15H18N4S/c1-11(2)13-9-14-15(17-6-7-19(14)18-13)16-5-3-12-4-8-20-10-12/h4,6-11H,3,5H2,1-2H3,(H,16,17). The number of thiophene rings is 1. The molecule has 0 unspecified atom stereocenters. The Balaban J connectivity index is 1.77. The van der Waals surface area contributed by atoms with E-state index in [9.17, 15) is 0 Å². The Morgan fingerprint density at radius 1 is 1.40 bits per heavy atom. The highest BCUT2D eigenvalue weighted by Crippen LogP contribution is 2.19. The molecule has 1 N–H and O–H groups in total. The molecule has 20 heavy (non-hydrogen) atoms. The van der Waals surface area contributed by atoms with Crippen LogP contribution in [0.5, 0.6) is 0 Å². The first-order valence-corrected chi connectivity index (χ1v) is 7.77. The van der Waals surface area contributed by atoms with Gasteiger partial charge in [-0.1, -0.05) is 13.8 Å². The third-order valence-corrected chi connectivity index (χ3v) is 4.02. The van der Waals surface area contributed by atoms with Crippen LogP contribution in [0.4, 0.5) is 5.82 Å². The van der Waals surface area contributed by atoms with Crippen molar-refractivity contribution in [2.75, 3.05) is 11.9 Å². The molecule has 4 nitrogen and oxygen atoms in total. The zero-order chi connectivity index (χ0) is 13.9. The molecule has 0 aliphatic heterocycles. The first-order valence-electron chi connectivity index (χ1n) is 6.83. The highest BCUT2D eigenvalue weighted by Gasteiger charge is 2.09. The molecule has 0 saturated heterocycles. The maximum atomic E-state index is 4.57. The highest BCUT2D eigenvalue weighted by molar-refractivity contribution is 7.07. The van der Waals surface area contributed by atoms with E-state index in [4.69, 9.17) is 0 Å². The van der Waals surface area contributed by atoms with Crippen LogP contribution < -0.4 is 5.32 Å². The second-order valence-corrected chi connectivity index (χ2v) is 5.92. The highest BCUT2D eigenvalue weighted by atomic mass is 32.1. The Morgan fingerprint density at radius 2 is 2.30 bits per heavy atom. The van der Waals surface area contributed by atoms with Crippen LogP contribution in [0, 0.1) is 0 Å². The number of rotatable bonds is 5. The number of hydrogen-bond acceptors (Lipinski definition) is 4. The fourth-order valence-electron chi connectivity index (χ4n) is 2.12. The summed E-state index contributed by atoms with van der Waals surface area (Å²) in [6.07, 6.45) is 4.69. The molecule has 3 aromatic heterocycles. The molecule has 0 bridgehead atoms. The average molecular weight is 286 g/mol. The summed E-state index contributed by atoms with van der Waals surface area (Å²) in [7, 11) is 0. The average Bonchev–Trinajstić information content (AvgIpc) is 3.07. The van der Waals surface area contributed by atoms with Crippen molar-refractivity contribution in [1.29, 1.82) is 0 Å². The number of nitrogens with one attached hydrogen (secondary N) is 1. The van der Waals surface area contributed by atoms with Gasteiger partial charge in [0.25, 0.3) is 0 Å². The topological polar surface area (TPSA) is 42.2 Å². The molecule has 0 aliphatic carbocycles. The number of hydrogen-bond donors (Lipinski definition) is 1. The fourth-order valence-corrected chi connectivity index (χ4v) is 2.82. The molecular formula is C15H18N4S. The van der Waals surface area contributed by atoms with Gasteiger partial charge in [0.05, 0.1) is 5.69 Å². The molecule has 0 atom stereocenters. The summed E-state index contributed by atoms with van der Waals surface area (Å²) < 4.78 is 1.90. The summed E-state index contributed by atoms with van der Waals surface area (Å²) in [4.78, 5) is 4.43. The van der Waals surface area contributed by atoms with Crippen LogP contribution in [0.3, 0.4) is 0 Å². The Hall–Kier alpha value is -1.88. The molecule has 3 rings (SSSR count). The van der Waals surface area contributed by atoms with Gasteiger partial charge in [-0.3, -0.25) is 0 Å². The van der Waals surface area contributed by atoms with Gasteiger partial charge in [-0.2, -0.15) is 16.4 Å². The first kappa shape index (κ1) is 13.1. The normalized spacial score (nSPS) is 11.3. The summed E-state index contributed by atoms with van der Waals surface area (Å²) in [6, 6.07) is 4.28. The summed E-state index contributed by atoms with van der Waals surface area (Å²) in [6.45, 7) is 5.18. The van der Waals surface area contributed by atoms with E-state index in [1.54, 1.807) is 17.5 Å². The van der Waals surface area contributed by atoms with Gasteiger partial charge in [-0.15, -0.1) is 0 Å². The van der Waals surface area contributed by atoms with Gasteiger partial charge >= 0.3 is 0 Å².